The quantitative estimate of drug-likeness (QED) is 0.560. The third-order valence-electron chi connectivity index (χ3n) is 3.21. The number of ether oxygens (including phenoxy) is 1. The SMILES string of the molecule is C/C=C/[C@H](C)[C@@H]1OC(=O)[C@H](C)[C@@H](O)[C@@H]1C. The van der Waals surface area contributed by atoms with Crippen LogP contribution < -0.4 is 0 Å². The smallest absolute Gasteiger partial charge is 0.311 e. The molecule has 0 unspecified atom stereocenters. The Morgan fingerprint density at radius 2 is 2.07 bits per heavy atom. The zero-order chi connectivity index (χ0) is 11.6. The van der Waals surface area contributed by atoms with Gasteiger partial charge in [0.1, 0.15) is 6.10 Å². The van der Waals surface area contributed by atoms with Gasteiger partial charge in [0.05, 0.1) is 12.0 Å². The second-order valence-electron chi connectivity index (χ2n) is 4.42. The number of hydrogen-bond acceptors (Lipinski definition) is 3. The summed E-state index contributed by atoms with van der Waals surface area (Å²) >= 11 is 0. The predicted molar refractivity (Wildman–Crippen MR) is 58.2 cm³/mol. The molecule has 1 saturated heterocycles. The largest absolute Gasteiger partial charge is 0.461 e. The fourth-order valence-corrected chi connectivity index (χ4v) is 2.14. The van der Waals surface area contributed by atoms with E-state index in [2.05, 4.69) is 0 Å². The Bertz CT molecular complexity index is 260. The molecular weight excluding hydrogens is 192 g/mol. The van der Waals surface area contributed by atoms with Gasteiger partial charge in [-0.25, -0.2) is 0 Å². The van der Waals surface area contributed by atoms with E-state index < -0.39 is 12.0 Å². The van der Waals surface area contributed by atoms with E-state index in [1.165, 1.54) is 0 Å². The van der Waals surface area contributed by atoms with Gasteiger partial charge in [0.15, 0.2) is 0 Å². The number of aliphatic hydroxyl groups is 1. The van der Waals surface area contributed by atoms with E-state index in [4.69, 9.17) is 4.74 Å². The average molecular weight is 212 g/mol. The highest BCUT2D eigenvalue weighted by Gasteiger charge is 2.41. The Labute approximate surface area is 91.1 Å². The Kier molecular flexibility index (Phi) is 3.91. The summed E-state index contributed by atoms with van der Waals surface area (Å²) in [5, 5.41) is 9.88. The van der Waals surface area contributed by atoms with Crippen LogP contribution in [0.2, 0.25) is 0 Å². The second kappa shape index (κ2) is 4.79. The summed E-state index contributed by atoms with van der Waals surface area (Å²) in [6.45, 7) is 7.57. The van der Waals surface area contributed by atoms with Gasteiger partial charge in [-0.2, -0.15) is 0 Å². The van der Waals surface area contributed by atoms with Crippen LogP contribution in [0.15, 0.2) is 12.2 Å². The Morgan fingerprint density at radius 3 is 2.60 bits per heavy atom. The molecule has 0 bridgehead atoms. The zero-order valence-electron chi connectivity index (χ0n) is 9.81. The fourth-order valence-electron chi connectivity index (χ4n) is 2.14. The Hall–Kier alpha value is -0.830. The number of hydrogen-bond donors (Lipinski definition) is 1. The molecule has 1 aliphatic rings. The van der Waals surface area contributed by atoms with Gasteiger partial charge in [0.2, 0.25) is 0 Å². The third kappa shape index (κ3) is 2.40. The predicted octanol–water partition coefficient (Wildman–Crippen LogP) is 1.76. The molecule has 0 amide bonds. The minimum absolute atomic E-state index is 0.0103. The van der Waals surface area contributed by atoms with Crippen LogP contribution in [0.5, 0.6) is 0 Å². The van der Waals surface area contributed by atoms with Crippen molar-refractivity contribution < 1.29 is 14.6 Å². The minimum Gasteiger partial charge on any atom is -0.461 e. The lowest BCUT2D eigenvalue weighted by molar-refractivity contribution is -0.180. The van der Waals surface area contributed by atoms with Crippen LogP contribution in [0.3, 0.4) is 0 Å². The van der Waals surface area contributed by atoms with E-state index in [-0.39, 0.29) is 23.9 Å². The van der Waals surface area contributed by atoms with Crippen molar-refractivity contribution in [3.05, 3.63) is 12.2 Å². The van der Waals surface area contributed by atoms with Gasteiger partial charge in [0, 0.05) is 11.8 Å². The highest BCUT2D eigenvalue weighted by Crippen LogP contribution is 2.30. The maximum Gasteiger partial charge on any atom is 0.311 e. The molecule has 3 heteroatoms. The van der Waals surface area contributed by atoms with Crippen molar-refractivity contribution in [2.75, 3.05) is 0 Å². The molecule has 0 saturated carbocycles. The lowest BCUT2D eigenvalue weighted by atomic mass is 9.81. The monoisotopic (exact) mass is 212 g/mol. The summed E-state index contributed by atoms with van der Waals surface area (Å²) in [5.41, 5.74) is 0. The van der Waals surface area contributed by atoms with Crippen LogP contribution in [-0.4, -0.2) is 23.3 Å². The molecule has 1 rings (SSSR count). The maximum atomic E-state index is 11.5. The van der Waals surface area contributed by atoms with Gasteiger partial charge >= 0.3 is 5.97 Å². The van der Waals surface area contributed by atoms with E-state index in [9.17, 15) is 9.90 Å². The molecule has 1 heterocycles. The zero-order valence-corrected chi connectivity index (χ0v) is 9.81. The number of carbonyl (C=O) groups is 1. The van der Waals surface area contributed by atoms with Crippen molar-refractivity contribution >= 4 is 5.97 Å². The molecule has 3 nitrogen and oxygen atoms in total. The number of esters is 1. The topological polar surface area (TPSA) is 46.5 Å². The van der Waals surface area contributed by atoms with Crippen molar-refractivity contribution in [2.24, 2.45) is 17.8 Å². The molecule has 1 N–H and O–H groups in total. The molecule has 0 aromatic heterocycles. The van der Waals surface area contributed by atoms with E-state index in [1.54, 1.807) is 6.92 Å². The van der Waals surface area contributed by atoms with Crippen molar-refractivity contribution in [3.8, 4) is 0 Å². The van der Waals surface area contributed by atoms with E-state index in [0.29, 0.717) is 0 Å². The molecule has 0 aromatic rings. The summed E-state index contributed by atoms with van der Waals surface area (Å²) in [6, 6.07) is 0. The molecule has 1 fully saturated rings. The maximum absolute atomic E-state index is 11.5. The summed E-state index contributed by atoms with van der Waals surface area (Å²) < 4.78 is 5.35. The standard InChI is InChI=1S/C12H20O3/c1-5-6-7(2)11-8(3)10(13)9(4)12(14)15-11/h5-11,13H,1-4H3/b6-5+/t7-,8-,9+,10-,11-/m0/s1. The summed E-state index contributed by atoms with van der Waals surface area (Å²) in [5.74, 6) is -0.559. The number of rotatable bonds is 2. The molecule has 0 spiro atoms. The lowest BCUT2D eigenvalue weighted by Crippen LogP contribution is -2.48. The van der Waals surface area contributed by atoms with Crippen molar-refractivity contribution in [3.63, 3.8) is 0 Å². The van der Waals surface area contributed by atoms with Crippen molar-refractivity contribution in [1.82, 2.24) is 0 Å². The van der Waals surface area contributed by atoms with Gasteiger partial charge in [-0.1, -0.05) is 26.0 Å². The normalized spacial score (nSPS) is 39.1. The average Bonchev–Trinajstić information content (AvgIpc) is 2.20. The number of aliphatic hydroxyl groups excluding tert-OH is 1. The summed E-state index contributed by atoms with van der Waals surface area (Å²) in [7, 11) is 0. The van der Waals surface area contributed by atoms with Gasteiger partial charge in [-0.05, 0) is 13.8 Å². The van der Waals surface area contributed by atoms with Crippen LogP contribution in [0.4, 0.5) is 0 Å². The van der Waals surface area contributed by atoms with Crippen LogP contribution in [0, 0.1) is 17.8 Å². The summed E-state index contributed by atoms with van der Waals surface area (Å²) in [4.78, 5) is 11.5. The molecule has 0 radical (unpaired) electrons. The lowest BCUT2D eigenvalue weighted by Gasteiger charge is -2.38. The first-order valence-corrected chi connectivity index (χ1v) is 5.50. The van der Waals surface area contributed by atoms with E-state index >= 15 is 0 Å². The highest BCUT2D eigenvalue weighted by molar-refractivity contribution is 5.73. The third-order valence-corrected chi connectivity index (χ3v) is 3.21. The molecule has 15 heavy (non-hydrogen) atoms. The number of carbonyl (C=O) groups excluding carboxylic acids is 1. The van der Waals surface area contributed by atoms with Crippen molar-refractivity contribution in [2.45, 2.75) is 39.9 Å². The molecule has 86 valence electrons. The first-order valence-electron chi connectivity index (χ1n) is 5.50. The highest BCUT2D eigenvalue weighted by atomic mass is 16.5. The Morgan fingerprint density at radius 1 is 1.47 bits per heavy atom. The van der Waals surface area contributed by atoms with E-state index in [1.807, 2.05) is 32.9 Å². The first kappa shape index (κ1) is 12.2. The van der Waals surface area contributed by atoms with Crippen LogP contribution in [0.25, 0.3) is 0 Å². The Balaban J connectivity index is 2.78. The molecular formula is C12H20O3. The number of cyclic esters (lactones) is 1. The number of allylic oxidation sites excluding steroid dienone is 1. The minimum atomic E-state index is -0.594. The van der Waals surface area contributed by atoms with Crippen LogP contribution in [0.1, 0.15) is 27.7 Å². The summed E-state index contributed by atoms with van der Waals surface area (Å²) in [6.07, 6.45) is 3.14. The molecule has 0 aliphatic carbocycles. The van der Waals surface area contributed by atoms with Crippen LogP contribution >= 0.6 is 0 Å². The second-order valence-corrected chi connectivity index (χ2v) is 4.42. The first-order chi connectivity index (χ1) is 6.99. The van der Waals surface area contributed by atoms with Gasteiger partial charge < -0.3 is 9.84 Å². The van der Waals surface area contributed by atoms with E-state index in [0.717, 1.165) is 0 Å². The van der Waals surface area contributed by atoms with Crippen LogP contribution in [-0.2, 0) is 9.53 Å². The van der Waals surface area contributed by atoms with Gasteiger partial charge in [0.25, 0.3) is 0 Å². The molecule has 0 aromatic carbocycles. The molecule has 5 atom stereocenters. The fraction of sp³-hybridized carbons (Fsp3) is 0.750. The van der Waals surface area contributed by atoms with Crippen molar-refractivity contribution in [1.29, 1.82) is 0 Å². The van der Waals surface area contributed by atoms with Gasteiger partial charge in [-0.15, -0.1) is 0 Å². The van der Waals surface area contributed by atoms with Gasteiger partial charge in [-0.3, -0.25) is 4.79 Å². The molecule has 1 aliphatic heterocycles.